The van der Waals surface area contributed by atoms with Gasteiger partial charge < -0.3 is 15.5 Å². The number of aliphatic imine (C=N–C) groups is 1. The molecule has 0 spiro atoms. The third kappa shape index (κ3) is 7.46. The molecule has 7 heteroatoms. The molecule has 0 radical (unpaired) electrons. The zero-order valence-electron chi connectivity index (χ0n) is 16.7. The van der Waals surface area contributed by atoms with Gasteiger partial charge in [-0.05, 0) is 35.4 Å². The maximum absolute atomic E-state index is 13.0. The Balaban J connectivity index is 0.00000392. The Morgan fingerprint density at radius 3 is 2.18 bits per heavy atom. The summed E-state index contributed by atoms with van der Waals surface area (Å²) < 4.78 is 13.0. The van der Waals surface area contributed by atoms with Crippen LogP contribution in [0.15, 0.2) is 53.5 Å². The van der Waals surface area contributed by atoms with Crippen LogP contribution in [0.4, 0.5) is 10.1 Å². The maximum Gasteiger partial charge on any atom is 0.226 e. The number of nitrogens with one attached hydrogen (secondary N) is 2. The Bertz CT molecular complexity index is 776. The van der Waals surface area contributed by atoms with Crippen LogP contribution in [0.25, 0.3) is 0 Å². The Kier molecular flexibility index (Phi) is 9.92. The Hall–Kier alpha value is -2.16. The zero-order chi connectivity index (χ0) is 19.8. The van der Waals surface area contributed by atoms with Crippen molar-refractivity contribution in [3.8, 4) is 0 Å². The summed E-state index contributed by atoms with van der Waals surface area (Å²) >= 11 is 0. The minimum absolute atomic E-state index is 0. The van der Waals surface area contributed by atoms with Crippen molar-refractivity contribution in [1.29, 1.82) is 0 Å². The molecule has 0 saturated carbocycles. The van der Waals surface area contributed by atoms with E-state index in [0.717, 1.165) is 22.8 Å². The quantitative estimate of drug-likeness (QED) is 0.356. The zero-order valence-corrected chi connectivity index (χ0v) is 19.0. The fourth-order valence-electron chi connectivity index (χ4n) is 2.50. The van der Waals surface area contributed by atoms with Gasteiger partial charge in [-0.3, -0.25) is 9.79 Å². The first-order valence-corrected chi connectivity index (χ1v) is 8.95. The van der Waals surface area contributed by atoms with Gasteiger partial charge in [0, 0.05) is 38.8 Å². The van der Waals surface area contributed by atoms with Gasteiger partial charge in [-0.2, -0.15) is 0 Å². The van der Waals surface area contributed by atoms with Gasteiger partial charge in [-0.15, -0.1) is 24.0 Å². The van der Waals surface area contributed by atoms with Gasteiger partial charge in [0.1, 0.15) is 5.82 Å². The number of amides is 1. The van der Waals surface area contributed by atoms with Gasteiger partial charge in [0.2, 0.25) is 5.91 Å². The highest BCUT2D eigenvalue weighted by molar-refractivity contribution is 14.0. The van der Waals surface area contributed by atoms with Crippen LogP contribution in [0.2, 0.25) is 0 Å². The predicted molar refractivity (Wildman–Crippen MR) is 123 cm³/mol. The Labute approximate surface area is 183 Å². The number of nitrogens with zero attached hydrogens (tertiary/aromatic N) is 2. The molecule has 0 bridgehead atoms. The normalized spacial score (nSPS) is 11.0. The smallest absolute Gasteiger partial charge is 0.226 e. The third-order valence-electron chi connectivity index (χ3n) is 4.10. The van der Waals surface area contributed by atoms with Crippen LogP contribution in [-0.2, 0) is 17.9 Å². The molecule has 0 saturated heterocycles. The molecule has 0 aliphatic heterocycles. The molecule has 0 unspecified atom stereocenters. The molecule has 2 N–H and O–H groups in total. The van der Waals surface area contributed by atoms with E-state index in [1.54, 1.807) is 19.2 Å². The van der Waals surface area contributed by atoms with Crippen molar-refractivity contribution < 1.29 is 9.18 Å². The van der Waals surface area contributed by atoms with Crippen molar-refractivity contribution in [3.63, 3.8) is 0 Å². The van der Waals surface area contributed by atoms with Crippen molar-refractivity contribution in [2.45, 2.75) is 26.9 Å². The average molecular weight is 498 g/mol. The highest BCUT2D eigenvalue weighted by Crippen LogP contribution is 2.11. The van der Waals surface area contributed by atoms with Gasteiger partial charge in [-0.1, -0.05) is 38.1 Å². The Morgan fingerprint density at radius 1 is 1.07 bits per heavy atom. The van der Waals surface area contributed by atoms with Gasteiger partial charge in [0.15, 0.2) is 5.96 Å². The Morgan fingerprint density at radius 2 is 1.64 bits per heavy atom. The summed E-state index contributed by atoms with van der Waals surface area (Å²) in [5.74, 6) is 0.462. The third-order valence-corrected chi connectivity index (χ3v) is 4.10. The van der Waals surface area contributed by atoms with E-state index in [9.17, 15) is 9.18 Å². The number of guanidine groups is 1. The minimum Gasteiger partial charge on any atom is -0.352 e. The highest BCUT2D eigenvalue weighted by Gasteiger charge is 2.08. The molecule has 152 valence electrons. The lowest BCUT2D eigenvalue weighted by Gasteiger charge is -2.22. The number of carbonyl (C=O) groups excluding carboxylic acids is 1. The summed E-state index contributed by atoms with van der Waals surface area (Å²) in [6.07, 6.45) is 0. The topological polar surface area (TPSA) is 56.7 Å². The van der Waals surface area contributed by atoms with Crippen molar-refractivity contribution in [1.82, 2.24) is 10.2 Å². The molecule has 0 fully saturated rings. The van der Waals surface area contributed by atoms with E-state index >= 15 is 0 Å². The lowest BCUT2D eigenvalue weighted by molar-refractivity contribution is -0.118. The SMILES string of the molecule is CN=C(NCc1ccc(NC(=O)C(C)C)cc1)N(C)Cc1ccc(F)cc1.I. The summed E-state index contributed by atoms with van der Waals surface area (Å²) in [5.41, 5.74) is 2.87. The standard InChI is InChI=1S/C21H27FN4O.HI/c1-15(2)20(27)25-19-11-7-16(8-12-19)13-24-21(23-3)26(4)14-17-5-9-18(22)10-6-17;/h5-12,15H,13-14H2,1-4H3,(H,23,24)(H,25,27);1H. The summed E-state index contributed by atoms with van der Waals surface area (Å²) in [4.78, 5) is 18.0. The summed E-state index contributed by atoms with van der Waals surface area (Å²) in [5, 5.41) is 6.19. The van der Waals surface area contributed by atoms with E-state index in [2.05, 4.69) is 15.6 Å². The van der Waals surface area contributed by atoms with E-state index in [1.807, 2.05) is 50.1 Å². The molecular weight excluding hydrogens is 470 g/mol. The summed E-state index contributed by atoms with van der Waals surface area (Å²) in [7, 11) is 3.66. The number of rotatable bonds is 6. The maximum atomic E-state index is 13.0. The van der Waals surface area contributed by atoms with E-state index in [4.69, 9.17) is 0 Å². The number of anilines is 1. The van der Waals surface area contributed by atoms with Gasteiger partial charge >= 0.3 is 0 Å². The molecule has 0 aliphatic rings. The highest BCUT2D eigenvalue weighted by atomic mass is 127. The molecule has 28 heavy (non-hydrogen) atoms. The van der Waals surface area contributed by atoms with Gasteiger partial charge in [0.25, 0.3) is 0 Å². The number of hydrogen-bond acceptors (Lipinski definition) is 2. The molecular formula is C21H28FIN4O. The second kappa shape index (κ2) is 11.6. The van der Waals surface area contributed by atoms with E-state index in [0.29, 0.717) is 13.1 Å². The molecule has 0 heterocycles. The van der Waals surface area contributed by atoms with Gasteiger partial charge in [0.05, 0.1) is 0 Å². The van der Waals surface area contributed by atoms with Crippen molar-refractivity contribution in [2.75, 3.05) is 19.4 Å². The molecule has 0 atom stereocenters. The average Bonchev–Trinajstić information content (AvgIpc) is 2.65. The van der Waals surface area contributed by atoms with Crippen LogP contribution in [0.5, 0.6) is 0 Å². The van der Waals surface area contributed by atoms with Crippen molar-refractivity contribution in [2.24, 2.45) is 10.9 Å². The fraction of sp³-hybridized carbons (Fsp3) is 0.333. The molecule has 5 nitrogen and oxygen atoms in total. The molecule has 0 aliphatic carbocycles. The second-order valence-electron chi connectivity index (χ2n) is 6.72. The first-order chi connectivity index (χ1) is 12.9. The lowest BCUT2D eigenvalue weighted by Crippen LogP contribution is -2.38. The number of hydrogen-bond donors (Lipinski definition) is 2. The molecule has 2 rings (SSSR count). The molecule has 0 aromatic heterocycles. The van der Waals surface area contributed by atoms with E-state index < -0.39 is 0 Å². The second-order valence-corrected chi connectivity index (χ2v) is 6.72. The fourth-order valence-corrected chi connectivity index (χ4v) is 2.50. The van der Waals surface area contributed by atoms with Crippen LogP contribution in [0.1, 0.15) is 25.0 Å². The monoisotopic (exact) mass is 498 g/mol. The molecule has 2 aromatic rings. The van der Waals surface area contributed by atoms with E-state index in [-0.39, 0.29) is 41.6 Å². The van der Waals surface area contributed by atoms with Crippen LogP contribution >= 0.6 is 24.0 Å². The van der Waals surface area contributed by atoms with Gasteiger partial charge in [-0.25, -0.2) is 4.39 Å². The van der Waals surface area contributed by atoms with E-state index in [1.165, 1.54) is 12.1 Å². The largest absolute Gasteiger partial charge is 0.352 e. The molecule has 1 amide bonds. The van der Waals surface area contributed by atoms with Crippen molar-refractivity contribution >= 4 is 41.5 Å². The summed E-state index contributed by atoms with van der Waals surface area (Å²) in [6.45, 7) is 4.96. The van der Waals surface area contributed by atoms with Crippen molar-refractivity contribution in [3.05, 3.63) is 65.5 Å². The van der Waals surface area contributed by atoms with Crippen LogP contribution in [0.3, 0.4) is 0 Å². The molecule has 2 aromatic carbocycles. The number of halogens is 2. The first kappa shape index (κ1) is 23.9. The van der Waals surface area contributed by atoms with Crippen LogP contribution in [0, 0.1) is 11.7 Å². The summed E-state index contributed by atoms with van der Waals surface area (Å²) in [6, 6.07) is 14.2. The minimum atomic E-state index is -0.239. The number of benzene rings is 2. The first-order valence-electron chi connectivity index (χ1n) is 8.95. The number of carbonyl (C=O) groups is 1. The lowest BCUT2D eigenvalue weighted by atomic mass is 10.1. The van der Waals surface area contributed by atoms with Crippen LogP contribution in [-0.4, -0.2) is 30.9 Å². The van der Waals surface area contributed by atoms with Crippen LogP contribution < -0.4 is 10.6 Å². The predicted octanol–water partition coefficient (Wildman–Crippen LogP) is 4.25.